The van der Waals surface area contributed by atoms with Crippen LogP contribution in [0.15, 0.2) is 11.6 Å². The molecule has 0 amide bonds. The monoisotopic (exact) mass is 316 g/mol. The molecule has 0 radical (unpaired) electrons. The largest absolute Gasteiger partial charge is 0.395 e. The second-order valence-corrected chi connectivity index (χ2v) is 6.03. The highest BCUT2D eigenvalue weighted by atomic mass is 32.1. The van der Waals surface area contributed by atoms with Crippen molar-refractivity contribution < 1.29 is 13.9 Å². The molecule has 21 heavy (non-hydrogen) atoms. The smallest absolute Gasteiger partial charge is 0.255 e. The minimum absolute atomic E-state index is 0.158. The number of imidazole rings is 1. The molecule has 1 saturated carbocycles. The molecule has 0 unspecified atom stereocenters. The van der Waals surface area contributed by atoms with Crippen molar-refractivity contribution in [3.63, 3.8) is 0 Å². The van der Waals surface area contributed by atoms with Crippen molar-refractivity contribution in [1.29, 1.82) is 0 Å². The molecule has 5 nitrogen and oxygen atoms in total. The maximum atomic E-state index is 12.8. The Morgan fingerprint density at radius 2 is 2.33 bits per heavy atom. The summed E-state index contributed by atoms with van der Waals surface area (Å²) in [5.74, 6) is 0.546. The molecule has 2 heterocycles. The third-order valence-corrected chi connectivity index (χ3v) is 4.26. The Kier molecular flexibility index (Phi) is 4.37. The maximum absolute atomic E-state index is 12.8. The maximum Gasteiger partial charge on any atom is 0.255 e. The lowest BCUT2D eigenvalue weighted by Crippen LogP contribution is -2.33. The molecule has 2 aromatic rings. The molecule has 0 aromatic carbocycles. The summed E-state index contributed by atoms with van der Waals surface area (Å²) >= 11 is 1.47. The molecule has 0 atom stereocenters. The van der Waals surface area contributed by atoms with Gasteiger partial charge in [-0.3, -0.25) is 4.40 Å². The molecule has 3 rings (SSSR count). The third kappa shape index (κ3) is 3.33. The average Bonchev–Trinajstić information content (AvgIpc) is 3.03. The first-order valence-corrected chi connectivity index (χ1v) is 7.88. The number of alkyl halides is 2. The topological polar surface area (TPSA) is 52.8 Å². The Morgan fingerprint density at radius 3 is 3.00 bits per heavy atom. The van der Waals surface area contributed by atoms with Gasteiger partial charge in [0.15, 0.2) is 10.8 Å². The van der Waals surface area contributed by atoms with Crippen LogP contribution in [0.4, 0.5) is 14.6 Å². The van der Waals surface area contributed by atoms with Crippen LogP contribution < -0.4 is 10.2 Å². The van der Waals surface area contributed by atoms with Crippen molar-refractivity contribution in [3.05, 3.63) is 17.3 Å². The number of aliphatic hydroxyl groups is 1. The summed E-state index contributed by atoms with van der Waals surface area (Å²) in [5, 5.41) is 14.4. The molecule has 0 bridgehead atoms. The molecular formula is C13H18F2N4OS. The van der Waals surface area contributed by atoms with Crippen LogP contribution in [-0.2, 0) is 6.54 Å². The number of nitrogens with zero attached hydrogens (tertiary/aromatic N) is 3. The van der Waals surface area contributed by atoms with Crippen molar-refractivity contribution >= 4 is 22.1 Å². The fourth-order valence-electron chi connectivity index (χ4n) is 2.34. The van der Waals surface area contributed by atoms with E-state index in [1.54, 1.807) is 0 Å². The molecule has 1 aliphatic carbocycles. The zero-order chi connectivity index (χ0) is 14.8. The first kappa shape index (κ1) is 14.7. The van der Waals surface area contributed by atoms with E-state index in [-0.39, 0.29) is 13.2 Å². The SMILES string of the molecule is OCCN(CC(F)F)c1nc2sccn2c1CNC1CC1. The lowest BCUT2D eigenvalue weighted by molar-refractivity contribution is 0.152. The van der Waals surface area contributed by atoms with Crippen LogP contribution in [0, 0.1) is 0 Å². The molecule has 116 valence electrons. The van der Waals surface area contributed by atoms with Crippen LogP contribution in [0.5, 0.6) is 0 Å². The molecule has 1 aliphatic rings. The average molecular weight is 316 g/mol. The van der Waals surface area contributed by atoms with Gasteiger partial charge in [0, 0.05) is 30.7 Å². The van der Waals surface area contributed by atoms with Gasteiger partial charge in [-0.05, 0) is 12.8 Å². The van der Waals surface area contributed by atoms with Crippen LogP contribution in [0.2, 0.25) is 0 Å². The van der Waals surface area contributed by atoms with E-state index in [0.717, 1.165) is 23.5 Å². The molecule has 1 fully saturated rings. The second kappa shape index (κ2) is 6.25. The van der Waals surface area contributed by atoms with E-state index >= 15 is 0 Å². The zero-order valence-electron chi connectivity index (χ0n) is 11.5. The predicted octanol–water partition coefficient (Wildman–Crippen LogP) is 1.71. The van der Waals surface area contributed by atoms with Gasteiger partial charge in [0.05, 0.1) is 18.8 Å². The van der Waals surface area contributed by atoms with Crippen LogP contribution >= 0.6 is 11.3 Å². The van der Waals surface area contributed by atoms with E-state index in [1.807, 2.05) is 16.0 Å². The number of nitrogens with one attached hydrogen (secondary N) is 1. The van der Waals surface area contributed by atoms with E-state index < -0.39 is 13.0 Å². The fourth-order valence-corrected chi connectivity index (χ4v) is 3.07. The van der Waals surface area contributed by atoms with Crippen molar-refractivity contribution in [2.24, 2.45) is 0 Å². The Bertz CT molecular complexity index is 596. The number of aromatic nitrogens is 2. The van der Waals surface area contributed by atoms with Gasteiger partial charge in [0.2, 0.25) is 0 Å². The van der Waals surface area contributed by atoms with Crippen molar-refractivity contribution in [2.75, 3.05) is 24.6 Å². The number of anilines is 1. The zero-order valence-corrected chi connectivity index (χ0v) is 12.3. The summed E-state index contributed by atoms with van der Waals surface area (Å²) in [7, 11) is 0. The van der Waals surface area contributed by atoms with Gasteiger partial charge < -0.3 is 15.3 Å². The minimum atomic E-state index is -2.46. The van der Waals surface area contributed by atoms with Crippen molar-refractivity contribution in [3.8, 4) is 0 Å². The first-order valence-electron chi connectivity index (χ1n) is 7.01. The number of halogens is 2. The molecular weight excluding hydrogens is 298 g/mol. The van der Waals surface area contributed by atoms with Gasteiger partial charge in [0.1, 0.15) is 0 Å². The van der Waals surface area contributed by atoms with Gasteiger partial charge in [-0.1, -0.05) is 0 Å². The standard InChI is InChI=1S/C13H18F2N4OS/c14-11(15)8-18(3-5-20)12-10(7-16-9-1-2-9)19-4-6-21-13(19)17-12/h4,6,9,11,16,20H,1-3,5,7-8H2. The van der Waals surface area contributed by atoms with Crippen LogP contribution in [0.25, 0.3) is 4.96 Å². The highest BCUT2D eigenvalue weighted by Crippen LogP contribution is 2.27. The third-order valence-electron chi connectivity index (χ3n) is 3.50. The van der Waals surface area contributed by atoms with Gasteiger partial charge in [-0.2, -0.15) is 0 Å². The fraction of sp³-hybridized carbons (Fsp3) is 0.615. The predicted molar refractivity (Wildman–Crippen MR) is 78.2 cm³/mol. The summed E-state index contributed by atoms with van der Waals surface area (Å²) < 4.78 is 27.5. The quantitative estimate of drug-likeness (QED) is 0.778. The summed E-state index contributed by atoms with van der Waals surface area (Å²) in [4.78, 5) is 6.72. The highest BCUT2D eigenvalue weighted by molar-refractivity contribution is 7.15. The number of hydrogen-bond acceptors (Lipinski definition) is 5. The molecule has 2 aromatic heterocycles. The normalized spacial score (nSPS) is 15.2. The van der Waals surface area contributed by atoms with E-state index in [0.29, 0.717) is 18.4 Å². The van der Waals surface area contributed by atoms with Gasteiger partial charge in [-0.15, -0.1) is 11.3 Å². The summed E-state index contributed by atoms with van der Waals surface area (Å²) in [6.45, 7) is 0.171. The number of fused-ring (bicyclic) bond motifs is 1. The number of rotatable bonds is 8. The Labute approximate surface area is 125 Å². The summed E-state index contributed by atoms with van der Waals surface area (Å²) in [6, 6.07) is 0.531. The number of thiazole rings is 1. The van der Waals surface area contributed by atoms with E-state index in [4.69, 9.17) is 5.11 Å². The van der Waals surface area contributed by atoms with Crippen molar-refractivity contribution in [1.82, 2.24) is 14.7 Å². The molecule has 0 saturated heterocycles. The Hall–Kier alpha value is -1.25. The van der Waals surface area contributed by atoms with Crippen LogP contribution in [-0.4, -0.2) is 46.7 Å². The second-order valence-electron chi connectivity index (χ2n) is 5.15. The number of hydrogen-bond donors (Lipinski definition) is 2. The van der Waals surface area contributed by atoms with Gasteiger partial charge >= 0.3 is 0 Å². The van der Waals surface area contributed by atoms with Crippen LogP contribution in [0.1, 0.15) is 18.5 Å². The molecule has 2 N–H and O–H groups in total. The van der Waals surface area contributed by atoms with Crippen molar-refractivity contribution in [2.45, 2.75) is 31.9 Å². The molecule has 8 heteroatoms. The lowest BCUT2D eigenvalue weighted by atomic mass is 10.3. The summed E-state index contributed by atoms with van der Waals surface area (Å²) in [5.41, 5.74) is 0.882. The van der Waals surface area contributed by atoms with E-state index in [2.05, 4.69) is 10.3 Å². The van der Waals surface area contributed by atoms with Crippen LogP contribution in [0.3, 0.4) is 0 Å². The summed E-state index contributed by atoms with van der Waals surface area (Å²) in [6.07, 6.45) is 1.77. The van der Waals surface area contributed by atoms with E-state index in [1.165, 1.54) is 16.2 Å². The number of aliphatic hydroxyl groups excluding tert-OH is 1. The Balaban J connectivity index is 1.89. The van der Waals surface area contributed by atoms with Gasteiger partial charge in [-0.25, -0.2) is 13.8 Å². The minimum Gasteiger partial charge on any atom is -0.395 e. The highest BCUT2D eigenvalue weighted by Gasteiger charge is 2.25. The molecule has 0 aliphatic heterocycles. The molecule has 0 spiro atoms. The van der Waals surface area contributed by atoms with Gasteiger partial charge in [0.25, 0.3) is 6.43 Å². The lowest BCUT2D eigenvalue weighted by Gasteiger charge is -2.22. The Morgan fingerprint density at radius 1 is 1.52 bits per heavy atom. The first-order chi connectivity index (χ1) is 10.2. The van der Waals surface area contributed by atoms with E-state index in [9.17, 15) is 8.78 Å².